The van der Waals surface area contributed by atoms with Crippen molar-refractivity contribution in [1.82, 2.24) is 19.7 Å². The predicted molar refractivity (Wildman–Crippen MR) is 124 cm³/mol. The van der Waals surface area contributed by atoms with Gasteiger partial charge in [-0.15, -0.1) is 12.4 Å². The normalized spacial score (nSPS) is 18.6. The van der Waals surface area contributed by atoms with Crippen LogP contribution in [0.3, 0.4) is 0 Å². The van der Waals surface area contributed by atoms with Crippen LogP contribution in [-0.4, -0.2) is 52.1 Å². The summed E-state index contributed by atoms with van der Waals surface area (Å²) in [5.41, 5.74) is 3.91. The maximum absolute atomic E-state index is 14.4. The Bertz CT molecular complexity index is 1210. The molecule has 5 heterocycles. The summed E-state index contributed by atoms with van der Waals surface area (Å²) >= 11 is 0. The summed E-state index contributed by atoms with van der Waals surface area (Å²) in [6.45, 7) is 5.28. The van der Waals surface area contributed by atoms with Gasteiger partial charge in [-0.05, 0) is 32.3 Å². The van der Waals surface area contributed by atoms with Crippen LogP contribution in [0, 0.1) is 12.7 Å². The van der Waals surface area contributed by atoms with Crippen molar-refractivity contribution in [2.24, 2.45) is 0 Å². The van der Waals surface area contributed by atoms with E-state index in [9.17, 15) is 9.18 Å². The fourth-order valence-electron chi connectivity index (χ4n) is 4.85. The second kappa shape index (κ2) is 7.60. The van der Waals surface area contributed by atoms with Crippen LogP contribution >= 0.6 is 12.4 Å². The molecule has 1 spiro atoms. The number of hydrogen-bond donors (Lipinski definition) is 2. The first-order valence-electron chi connectivity index (χ1n) is 10.7. The van der Waals surface area contributed by atoms with E-state index >= 15 is 0 Å². The highest BCUT2D eigenvalue weighted by molar-refractivity contribution is 6.03. The number of aryl methyl sites for hydroxylation is 1. The maximum atomic E-state index is 14.4. The molecule has 168 valence electrons. The number of hydrogen-bond acceptors (Lipinski definition) is 5. The van der Waals surface area contributed by atoms with Gasteiger partial charge in [0.2, 0.25) is 0 Å². The van der Waals surface area contributed by atoms with Gasteiger partial charge in [0.05, 0.1) is 11.4 Å². The van der Waals surface area contributed by atoms with Crippen LogP contribution in [0.4, 0.5) is 26.4 Å². The molecular formula is C22H25ClFN7O. The molecule has 32 heavy (non-hydrogen) atoms. The van der Waals surface area contributed by atoms with Crippen LogP contribution in [0.1, 0.15) is 24.1 Å². The first kappa shape index (κ1) is 21.0. The summed E-state index contributed by atoms with van der Waals surface area (Å²) in [5.74, 6) is 0.222. The number of piperazine rings is 1. The van der Waals surface area contributed by atoms with Crippen molar-refractivity contribution in [1.29, 1.82) is 0 Å². The van der Waals surface area contributed by atoms with Gasteiger partial charge < -0.3 is 19.9 Å². The van der Waals surface area contributed by atoms with Crippen molar-refractivity contribution in [2.45, 2.75) is 31.7 Å². The van der Waals surface area contributed by atoms with Crippen LogP contribution in [-0.2, 0) is 6.42 Å². The molecule has 1 aliphatic carbocycles. The van der Waals surface area contributed by atoms with Gasteiger partial charge in [0.15, 0.2) is 11.5 Å². The minimum absolute atomic E-state index is 0. The number of amides is 2. The Morgan fingerprint density at radius 1 is 1.28 bits per heavy atom. The summed E-state index contributed by atoms with van der Waals surface area (Å²) in [5, 5.41) is 6.46. The molecule has 0 aromatic carbocycles. The van der Waals surface area contributed by atoms with E-state index in [-0.39, 0.29) is 29.6 Å². The van der Waals surface area contributed by atoms with Crippen LogP contribution < -0.4 is 20.4 Å². The number of rotatable bonds is 2. The number of carbonyl (C=O) groups is 1. The smallest absolute Gasteiger partial charge is 0.327 e. The molecule has 1 saturated carbocycles. The zero-order valence-electron chi connectivity index (χ0n) is 17.8. The monoisotopic (exact) mass is 457 g/mol. The Morgan fingerprint density at radius 2 is 2.12 bits per heavy atom. The second-order valence-electron chi connectivity index (χ2n) is 8.78. The predicted octanol–water partition coefficient (Wildman–Crippen LogP) is 3.14. The summed E-state index contributed by atoms with van der Waals surface area (Å²) in [4.78, 5) is 25.8. The molecule has 10 heteroatoms. The molecule has 2 N–H and O–H groups in total. The van der Waals surface area contributed by atoms with E-state index in [1.165, 1.54) is 24.6 Å². The number of aromatic nitrogens is 3. The summed E-state index contributed by atoms with van der Waals surface area (Å²) < 4.78 is 16.0. The second-order valence-corrected chi connectivity index (χ2v) is 8.78. The molecule has 1 saturated heterocycles. The van der Waals surface area contributed by atoms with Crippen LogP contribution in [0.15, 0.2) is 30.7 Å². The molecule has 2 fully saturated rings. The number of urea groups is 1. The Labute approximate surface area is 191 Å². The lowest BCUT2D eigenvalue weighted by Gasteiger charge is -2.36. The Morgan fingerprint density at radius 3 is 2.94 bits per heavy atom. The van der Waals surface area contributed by atoms with E-state index < -0.39 is 5.82 Å². The number of anilines is 3. The van der Waals surface area contributed by atoms with E-state index in [1.54, 1.807) is 34.8 Å². The Kier molecular flexibility index (Phi) is 4.98. The van der Waals surface area contributed by atoms with Gasteiger partial charge in [-0.2, -0.15) is 0 Å². The van der Waals surface area contributed by atoms with Crippen LogP contribution in [0.25, 0.3) is 5.65 Å². The van der Waals surface area contributed by atoms with Crippen molar-refractivity contribution in [3.8, 4) is 0 Å². The Balaban J connectivity index is 0.00000216. The van der Waals surface area contributed by atoms with Gasteiger partial charge in [0.25, 0.3) is 0 Å². The molecule has 0 bridgehead atoms. The van der Waals surface area contributed by atoms with Crippen molar-refractivity contribution in [3.05, 3.63) is 47.8 Å². The van der Waals surface area contributed by atoms with E-state index in [0.29, 0.717) is 23.7 Å². The molecule has 0 atom stereocenters. The quantitative estimate of drug-likeness (QED) is 0.618. The average molecular weight is 458 g/mol. The highest BCUT2D eigenvalue weighted by atomic mass is 35.5. The summed E-state index contributed by atoms with van der Waals surface area (Å²) in [6.07, 6.45) is 8.39. The minimum Gasteiger partial charge on any atom is -0.368 e. The van der Waals surface area contributed by atoms with Gasteiger partial charge in [-0.25, -0.2) is 19.2 Å². The standard InChI is InChI=1S/C22H24FN7O.ClH/c1-14-11-29-12-15(10-17(23)20(29)26-14)27-21(31)30-8-3-16-18(2-6-24-19(16)30)28-9-7-25-22(13-28)4-5-22;/h2,6,10-12,25H,3-5,7-9,13H2,1H3,(H,27,31);1H. The summed E-state index contributed by atoms with van der Waals surface area (Å²) in [6, 6.07) is 3.06. The molecule has 3 aromatic heterocycles. The van der Waals surface area contributed by atoms with Crippen LogP contribution in [0.5, 0.6) is 0 Å². The molecule has 0 unspecified atom stereocenters. The van der Waals surface area contributed by atoms with Crippen molar-refractivity contribution < 1.29 is 9.18 Å². The van der Waals surface area contributed by atoms with E-state index in [2.05, 4.69) is 31.6 Å². The molecule has 3 aliphatic rings. The molecule has 0 radical (unpaired) electrons. The third-order valence-corrected chi connectivity index (χ3v) is 6.54. The Hall–Kier alpha value is -2.91. The zero-order chi connectivity index (χ0) is 21.2. The van der Waals surface area contributed by atoms with Gasteiger partial charge in [0.1, 0.15) is 5.82 Å². The highest BCUT2D eigenvalue weighted by Gasteiger charge is 2.46. The third kappa shape index (κ3) is 3.45. The number of fused-ring (bicyclic) bond motifs is 2. The summed E-state index contributed by atoms with van der Waals surface area (Å²) in [7, 11) is 0. The van der Waals surface area contributed by atoms with Gasteiger partial charge in [-0.3, -0.25) is 4.90 Å². The molecule has 8 nitrogen and oxygen atoms in total. The first-order chi connectivity index (χ1) is 15.0. The lowest BCUT2D eigenvalue weighted by atomic mass is 10.1. The minimum atomic E-state index is -0.471. The lowest BCUT2D eigenvalue weighted by molar-refractivity contribution is 0.257. The number of nitrogens with zero attached hydrogens (tertiary/aromatic N) is 5. The van der Waals surface area contributed by atoms with E-state index in [0.717, 1.165) is 31.6 Å². The number of carbonyl (C=O) groups excluding carboxylic acids is 1. The fourth-order valence-corrected chi connectivity index (χ4v) is 4.85. The van der Waals surface area contributed by atoms with Crippen LogP contribution in [0.2, 0.25) is 0 Å². The highest BCUT2D eigenvalue weighted by Crippen LogP contribution is 2.41. The molecule has 6 rings (SSSR count). The largest absolute Gasteiger partial charge is 0.368 e. The molecular weight excluding hydrogens is 433 g/mol. The number of pyridine rings is 2. The van der Waals surface area contributed by atoms with E-state index in [1.807, 2.05) is 0 Å². The van der Waals surface area contributed by atoms with Crippen molar-refractivity contribution >= 4 is 41.3 Å². The molecule has 2 aliphatic heterocycles. The van der Waals surface area contributed by atoms with Gasteiger partial charge >= 0.3 is 6.03 Å². The number of imidazole rings is 1. The van der Waals surface area contributed by atoms with E-state index in [4.69, 9.17) is 0 Å². The zero-order valence-corrected chi connectivity index (χ0v) is 18.6. The third-order valence-electron chi connectivity index (χ3n) is 6.54. The SMILES string of the molecule is Cc1cn2cc(NC(=O)N3CCc4c(N5CCNC6(CC6)C5)ccnc43)cc(F)c2n1.Cl. The van der Waals surface area contributed by atoms with Gasteiger partial charge in [0, 0.05) is 67.6 Å². The fraction of sp³-hybridized carbons (Fsp3) is 0.409. The van der Waals surface area contributed by atoms with Crippen molar-refractivity contribution in [2.75, 3.05) is 41.3 Å². The first-order valence-corrected chi connectivity index (χ1v) is 10.7. The molecule has 3 aromatic rings. The maximum Gasteiger partial charge on any atom is 0.327 e. The van der Waals surface area contributed by atoms with Gasteiger partial charge in [-0.1, -0.05) is 0 Å². The number of halogens is 2. The topological polar surface area (TPSA) is 77.8 Å². The molecule has 2 amide bonds. The lowest BCUT2D eigenvalue weighted by Crippen LogP contribution is -2.52. The average Bonchev–Trinajstić information content (AvgIpc) is 3.17. The van der Waals surface area contributed by atoms with Crippen molar-refractivity contribution in [3.63, 3.8) is 0 Å². The number of nitrogens with one attached hydrogen (secondary N) is 2.